The summed E-state index contributed by atoms with van der Waals surface area (Å²) in [4.78, 5) is 0.102. The lowest BCUT2D eigenvalue weighted by atomic mass is 10.1. The highest BCUT2D eigenvalue weighted by Crippen LogP contribution is 2.36. The van der Waals surface area contributed by atoms with Crippen LogP contribution < -0.4 is 4.74 Å². The molecule has 1 aromatic carbocycles. The van der Waals surface area contributed by atoms with Crippen molar-refractivity contribution >= 4 is 33.2 Å². The van der Waals surface area contributed by atoms with Crippen molar-refractivity contribution in [2.24, 2.45) is 5.92 Å². The minimum Gasteiger partial charge on any atom is -0.495 e. The molecule has 0 aromatic heterocycles. The number of halogens is 2. The van der Waals surface area contributed by atoms with E-state index in [2.05, 4.69) is 6.92 Å². The maximum absolute atomic E-state index is 12.8. The third-order valence-electron chi connectivity index (χ3n) is 3.89. The predicted molar refractivity (Wildman–Crippen MR) is 84.7 cm³/mol. The van der Waals surface area contributed by atoms with Crippen LogP contribution in [0.1, 0.15) is 25.3 Å². The molecule has 7 heteroatoms. The van der Waals surface area contributed by atoms with E-state index in [0.29, 0.717) is 29.6 Å². The van der Waals surface area contributed by atoms with Crippen molar-refractivity contribution < 1.29 is 13.2 Å². The fraction of sp³-hybridized carbons (Fsp3) is 0.571. The lowest BCUT2D eigenvalue weighted by Gasteiger charge is -2.20. The first kappa shape index (κ1) is 16.9. The van der Waals surface area contributed by atoms with Crippen molar-refractivity contribution in [3.8, 4) is 5.75 Å². The second-order valence-electron chi connectivity index (χ2n) is 5.16. The van der Waals surface area contributed by atoms with Gasteiger partial charge in [0, 0.05) is 23.7 Å². The fourth-order valence-electron chi connectivity index (χ4n) is 2.63. The standard InChI is InChI=1S/C14H19Cl2NO3S/c1-3-10-4-5-17(9-10)21(18,19)13-7-12(16)6-11(8-15)14(13)20-2/h6-7,10H,3-5,8-9H2,1-2H3. The van der Waals surface area contributed by atoms with E-state index in [4.69, 9.17) is 27.9 Å². The first-order valence-electron chi connectivity index (χ1n) is 6.86. The van der Waals surface area contributed by atoms with Crippen molar-refractivity contribution in [2.75, 3.05) is 20.2 Å². The van der Waals surface area contributed by atoms with Crippen LogP contribution in [0.2, 0.25) is 5.02 Å². The number of ether oxygens (including phenoxy) is 1. The molecule has 1 atom stereocenters. The lowest BCUT2D eigenvalue weighted by molar-refractivity contribution is 0.393. The zero-order valence-corrected chi connectivity index (χ0v) is 14.4. The SMILES string of the molecule is CCC1CCN(S(=O)(=O)c2cc(Cl)cc(CCl)c2OC)C1. The number of benzene rings is 1. The Morgan fingerprint density at radius 2 is 2.14 bits per heavy atom. The summed E-state index contributed by atoms with van der Waals surface area (Å²) in [6, 6.07) is 3.07. The number of rotatable bonds is 5. The molecule has 21 heavy (non-hydrogen) atoms. The number of nitrogens with zero attached hydrogens (tertiary/aromatic N) is 1. The second-order valence-corrected chi connectivity index (χ2v) is 7.77. The molecule has 0 aliphatic carbocycles. The minimum atomic E-state index is -3.61. The van der Waals surface area contributed by atoms with Crippen LogP contribution in [0.4, 0.5) is 0 Å². The Balaban J connectivity index is 2.47. The average molecular weight is 352 g/mol. The molecular formula is C14H19Cl2NO3S. The van der Waals surface area contributed by atoms with Crippen LogP contribution in [-0.4, -0.2) is 32.9 Å². The van der Waals surface area contributed by atoms with Gasteiger partial charge in [-0.2, -0.15) is 4.31 Å². The number of alkyl halides is 1. The van der Waals surface area contributed by atoms with Gasteiger partial charge in [-0.1, -0.05) is 24.9 Å². The van der Waals surface area contributed by atoms with Crippen LogP contribution >= 0.6 is 23.2 Å². The molecule has 0 bridgehead atoms. The molecule has 4 nitrogen and oxygen atoms in total. The highest BCUT2D eigenvalue weighted by molar-refractivity contribution is 7.89. The Labute approximate surface area is 136 Å². The van der Waals surface area contributed by atoms with E-state index < -0.39 is 10.0 Å². The van der Waals surface area contributed by atoms with E-state index in [9.17, 15) is 8.42 Å². The van der Waals surface area contributed by atoms with Crippen molar-refractivity contribution in [2.45, 2.75) is 30.5 Å². The largest absolute Gasteiger partial charge is 0.495 e. The van der Waals surface area contributed by atoms with Crippen molar-refractivity contribution in [1.82, 2.24) is 4.31 Å². The summed E-state index contributed by atoms with van der Waals surface area (Å²) in [7, 11) is -2.17. The molecule has 0 N–H and O–H groups in total. The summed E-state index contributed by atoms with van der Waals surface area (Å²) in [5, 5.41) is 0.344. The molecule has 0 radical (unpaired) electrons. The van der Waals surface area contributed by atoms with E-state index in [1.54, 1.807) is 6.07 Å². The number of hydrogen-bond acceptors (Lipinski definition) is 3. The third-order valence-corrected chi connectivity index (χ3v) is 6.27. The van der Waals surface area contributed by atoms with Crippen LogP contribution in [-0.2, 0) is 15.9 Å². The summed E-state index contributed by atoms with van der Waals surface area (Å²) >= 11 is 11.9. The molecule has 1 aliphatic rings. The molecule has 1 saturated heterocycles. The van der Waals surface area contributed by atoms with E-state index in [-0.39, 0.29) is 16.5 Å². The Kier molecular flexibility index (Phi) is 5.41. The minimum absolute atomic E-state index is 0.102. The van der Waals surface area contributed by atoms with Crippen LogP contribution in [0, 0.1) is 5.92 Å². The summed E-state index contributed by atoms with van der Waals surface area (Å²) in [6.45, 7) is 3.16. The molecule has 1 heterocycles. The summed E-state index contributed by atoms with van der Waals surface area (Å²) in [5.41, 5.74) is 0.580. The van der Waals surface area contributed by atoms with Crippen molar-refractivity contribution in [3.63, 3.8) is 0 Å². The topological polar surface area (TPSA) is 46.6 Å². The molecule has 118 valence electrons. The maximum Gasteiger partial charge on any atom is 0.246 e. The maximum atomic E-state index is 12.8. The zero-order chi connectivity index (χ0) is 15.6. The highest BCUT2D eigenvalue weighted by atomic mass is 35.5. The normalized spacial score (nSPS) is 19.9. The van der Waals surface area contributed by atoms with E-state index in [1.165, 1.54) is 17.5 Å². The van der Waals surface area contributed by atoms with E-state index in [1.807, 2.05) is 0 Å². The number of hydrogen-bond donors (Lipinski definition) is 0. The Hall–Kier alpha value is -0.490. The quantitative estimate of drug-likeness (QED) is 0.762. The Morgan fingerprint density at radius 1 is 1.43 bits per heavy atom. The van der Waals surface area contributed by atoms with Gasteiger partial charge in [-0.3, -0.25) is 0 Å². The monoisotopic (exact) mass is 351 g/mol. The molecule has 1 fully saturated rings. The van der Waals surface area contributed by atoms with E-state index >= 15 is 0 Å². The van der Waals surface area contributed by atoms with Gasteiger partial charge in [0.05, 0.1) is 13.0 Å². The van der Waals surface area contributed by atoms with Gasteiger partial charge >= 0.3 is 0 Å². The predicted octanol–water partition coefficient (Wildman–Crippen LogP) is 3.51. The van der Waals surface area contributed by atoms with Gasteiger partial charge in [-0.05, 0) is 24.5 Å². The van der Waals surface area contributed by atoms with Crippen molar-refractivity contribution in [3.05, 3.63) is 22.7 Å². The molecule has 1 unspecified atom stereocenters. The van der Waals surface area contributed by atoms with Gasteiger partial charge in [-0.25, -0.2) is 8.42 Å². The van der Waals surface area contributed by atoms with Crippen LogP contribution in [0.25, 0.3) is 0 Å². The fourth-order valence-corrected chi connectivity index (χ4v) is 4.89. The summed E-state index contributed by atoms with van der Waals surface area (Å²) in [5.74, 6) is 0.843. The van der Waals surface area contributed by atoms with Gasteiger partial charge in [0.2, 0.25) is 10.0 Å². The molecule has 0 spiro atoms. The second kappa shape index (κ2) is 6.73. The van der Waals surface area contributed by atoms with Crippen molar-refractivity contribution in [1.29, 1.82) is 0 Å². The molecule has 0 amide bonds. The molecule has 2 rings (SSSR count). The summed E-state index contributed by atoms with van der Waals surface area (Å²) < 4.78 is 32.5. The average Bonchev–Trinajstić information content (AvgIpc) is 2.95. The van der Waals surface area contributed by atoms with E-state index in [0.717, 1.165) is 12.8 Å². The van der Waals surface area contributed by atoms with Gasteiger partial charge < -0.3 is 4.74 Å². The van der Waals surface area contributed by atoms with Gasteiger partial charge in [-0.15, -0.1) is 11.6 Å². The molecule has 1 aromatic rings. The van der Waals surface area contributed by atoms with Gasteiger partial charge in [0.25, 0.3) is 0 Å². The van der Waals surface area contributed by atoms with Crippen LogP contribution in [0.15, 0.2) is 17.0 Å². The van der Waals surface area contributed by atoms with Crippen LogP contribution in [0.5, 0.6) is 5.75 Å². The first-order chi connectivity index (χ1) is 9.93. The zero-order valence-electron chi connectivity index (χ0n) is 12.1. The third kappa shape index (κ3) is 3.31. The smallest absolute Gasteiger partial charge is 0.246 e. The molecule has 1 aliphatic heterocycles. The number of methoxy groups -OCH3 is 1. The van der Waals surface area contributed by atoms with Gasteiger partial charge in [0.1, 0.15) is 10.6 Å². The Bertz CT molecular complexity index is 619. The molecule has 0 saturated carbocycles. The first-order valence-corrected chi connectivity index (χ1v) is 9.21. The Morgan fingerprint density at radius 3 is 2.67 bits per heavy atom. The van der Waals surface area contributed by atoms with Crippen LogP contribution in [0.3, 0.4) is 0 Å². The molecular weight excluding hydrogens is 333 g/mol. The summed E-state index contributed by atoms with van der Waals surface area (Å²) in [6.07, 6.45) is 1.87. The lowest BCUT2D eigenvalue weighted by Crippen LogP contribution is -2.29. The number of sulfonamides is 1. The highest BCUT2D eigenvalue weighted by Gasteiger charge is 2.34. The van der Waals surface area contributed by atoms with Gasteiger partial charge in [0.15, 0.2) is 0 Å².